The number of furan rings is 1. The molecule has 0 bridgehead atoms. The first kappa shape index (κ1) is 11.7. The maximum atomic E-state index is 11.0. The third-order valence-electron chi connectivity index (χ3n) is 2.78. The molecule has 16 heavy (non-hydrogen) atoms. The highest BCUT2D eigenvalue weighted by Crippen LogP contribution is 2.20. The average molecular weight is 287 g/mol. The molecule has 5 heteroatoms. The summed E-state index contributed by atoms with van der Waals surface area (Å²) in [6, 6.07) is 4.23. The van der Waals surface area contributed by atoms with Crippen molar-refractivity contribution < 1.29 is 9.21 Å². The van der Waals surface area contributed by atoms with E-state index in [4.69, 9.17) is 4.42 Å². The van der Waals surface area contributed by atoms with Gasteiger partial charge in [-0.3, -0.25) is 4.79 Å². The summed E-state index contributed by atoms with van der Waals surface area (Å²) < 4.78 is 6.19. The van der Waals surface area contributed by atoms with Gasteiger partial charge in [-0.15, -0.1) is 0 Å². The van der Waals surface area contributed by atoms with Crippen molar-refractivity contribution in [2.75, 3.05) is 6.54 Å². The van der Waals surface area contributed by atoms with Gasteiger partial charge in [0.2, 0.25) is 5.91 Å². The summed E-state index contributed by atoms with van der Waals surface area (Å²) in [4.78, 5) is 11.0. The van der Waals surface area contributed by atoms with Crippen molar-refractivity contribution >= 4 is 21.8 Å². The second kappa shape index (κ2) is 5.01. The predicted octanol–water partition coefficient (Wildman–Crippen LogP) is 1.97. The van der Waals surface area contributed by atoms with Gasteiger partial charge in [0.1, 0.15) is 5.76 Å². The van der Waals surface area contributed by atoms with Crippen LogP contribution in [0.15, 0.2) is 21.2 Å². The molecule has 0 aliphatic carbocycles. The SMILES string of the molecule is CC(NCC1CCC(=O)N1)c1ccc(Br)o1. The summed E-state index contributed by atoms with van der Waals surface area (Å²) >= 11 is 3.27. The molecule has 1 amide bonds. The van der Waals surface area contributed by atoms with Gasteiger partial charge in [-0.25, -0.2) is 0 Å². The molecule has 88 valence electrons. The lowest BCUT2D eigenvalue weighted by Crippen LogP contribution is -2.36. The van der Waals surface area contributed by atoms with Crippen LogP contribution < -0.4 is 10.6 Å². The van der Waals surface area contributed by atoms with E-state index in [1.54, 1.807) is 0 Å². The number of carbonyl (C=O) groups excluding carboxylic acids is 1. The first-order valence-corrected chi connectivity index (χ1v) is 6.22. The molecular weight excluding hydrogens is 272 g/mol. The Balaban J connectivity index is 1.79. The smallest absolute Gasteiger partial charge is 0.220 e. The fourth-order valence-electron chi connectivity index (χ4n) is 1.81. The van der Waals surface area contributed by atoms with Crippen molar-refractivity contribution in [1.29, 1.82) is 0 Å². The molecule has 2 N–H and O–H groups in total. The zero-order valence-corrected chi connectivity index (χ0v) is 10.7. The number of amides is 1. The van der Waals surface area contributed by atoms with Crippen molar-refractivity contribution in [1.82, 2.24) is 10.6 Å². The van der Waals surface area contributed by atoms with Gasteiger partial charge in [0.15, 0.2) is 4.67 Å². The van der Waals surface area contributed by atoms with E-state index in [0.29, 0.717) is 6.42 Å². The second-order valence-electron chi connectivity index (χ2n) is 4.07. The highest BCUT2D eigenvalue weighted by atomic mass is 79.9. The van der Waals surface area contributed by atoms with Crippen LogP contribution in [-0.2, 0) is 4.79 Å². The zero-order valence-electron chi connectivity index (χ0n) is 9.13. The Morgan fingerprint density at radius 3 is 3.06 bits per heavy atom. The van der Waals surface area contributed by atoms with E-state index in [0.717, 1.165) is 23.4 Å². The molecule has 1 saturated heterocycles. The first-order chi connectivity index (χ1) is 7.65. The van der Waals surface area contributed by atoms with Crippen LogP contribution in [-0.4, -0.2) is 18.5 Å². The largest absolute Gasteiger partial charge is 0.453 e. The molecule has 0 saturated carbocycles. The number of hydrogen-bond donors (Lipinski definition) is 2. The maximum Gasteiger partial charge on any atom is 0.220 e. The molecule has 2 atom stereocenters. The van der Waals surface area contributed by atoms with E-state index in [2.05, 4.69) is 26.6 Å². The third-order valence-corrected chi connectivity index (χ3v) is 3.20. The van der Waals surface area contributed by atoms with Crippen LogP contribution in [0.2, 0.25) is 0 Å². The van der Waals surface area contributed by atoms with Crippen LogP contribution in [0.1, 0.15) is 31.6 Å². The summed E-state index contributed by atoms with van der Waals surface area (Å²) in [5.74, 6) is 1.05. The molecule has 1 aliphatic heterocycles. The predicted molar refractivity (Wildman–Crippen MR) is 64.0 cm³/mol. The molecule has 0 radical (unpaired) electrons. The lowest BCUT2D eigenvalue weighted by Gasteiger charge is -2.15. The average Bonchev–Trinajstić information content (AvgIpc) is 2.84. The number of halogens is 1. The third kappa shape index (κ3) is 2.86. The van der Waals surface area contributed by atoms with Crippen LogP contribution >= 0.6 is 15.9 Å². The fourth-order valence-corrected chi connectivity index (χ4v) is 2.13. The minimum absolute atomic E-state index is 0.153. The molecule has 2 heterocycles. The van der Waals surface area contributed by atoms with E-state index >= 15 is 0 Å². The highest BCUT2D eigenvalue weighted by Gasteiger charge is 2.21. The summed E-state index contributed by atoms with van der Waals surface area (Å²) in [6.07, 6.45) is 1.56. The minimum Gasteiger partial charge on any atom is -0.453 e. The van der Waals surface area contributed by atoms with E-state index in [9.17, 15) is 4.79 Å². The maximum absolute atomic E-state index is 11.0. The van der Waals surface area contributed by atoms with Crippen molar-refractivity contribution in [2.24, 2.45) is 0 Å². The number of carbonyl (C=O) groups is 1. The van der Waals surface area contributed by atoms with Crippen LogP contribution in [0.4, 0.5) is 0 Å². The molecule has 1 fully saturated rings. The lowest BCUT2D eigenvalue weighted by atomic mass is 10.2. The molecule has 1 aromatic rings. The number of hydrogen-bond acceptors (Lipinski definition) is 3. The highest BCUT2D eigenvalue weighted by molar-refractivity contribution is 9.10. The Bertz CT molecular complexity index is 378. The summed E-state index contributed by atoms with van der Waals surface area (Å²) in [5.41, 5.74) is 0. The number of nitrogens with one attached hydrogen (secondary N) is 2. The minimum atomic E-state index is 0.153. The van der Waals surface area contributed by atoms with Gasteiger partial charge in [-0.2, -0.15) is 0 Å². The molecular formula is C11H15BrN2O2. The van der Waals surface area contributed by atoms with E-state index in [-0.39, 0.29) is 18.0 Å². The molecule has 1 aliphatic rings. The first-order valence-electron chi connectivity index (χ1n) is 5.43. The standard InChI is InChI=1S/C11H15BrN2O2/c1-7(9-3-4-10(12)16-9)13-6-8-2-5-11(15)14-8/h3-4,7-8,13H,2,5-6H2,1H3,(H,14,15). The Morgan fingerprint density at radius 2 is 2.50 bits per heavy atom. The number of rotatable bonds is 4. The summed E-state index contributed by atoms with van der Waals surface area (Å²) in [7, 11) is 0. The van der Waals surface area contributed by atoms with E-state index < -0.39 is 0 Å². The van der Waals surface area contributed by atoms with Gasteiger partial charge in [-0.1, -0.05) is 0 Å². The Morgan fingerprint density at radius 1 is 1.69 bits per heavy atom. The monoisotopic (exact) mass is 286 g/mol. The van der Waals surface area contributed by atoms with Gasteiger partial charge in [0, 0.05) is 19.0 Å². The lowest BCUT2D eigenvalue weighted by molar-refractivity contribution is -0.119. The summed E-state index contributed by atoms with van der Waals surface area (Å²) in [5, 5.41) is 6.27. The van der Waals surface area contributed by atoms with Crippen molar-refractivity contribution in [3.05, 3.63) is 22.6 Å². The fraction of sp³-hybridized carbons (Fsp3) is 0.545. The summed E-state index contributed by atoms with van der Waals surface area (Å²) in [6.45, 7) is 2.83. The van der Waals surface area contributed by atoms with Gasteiger partial charge < -0.3 is 15.1 Å². The molecule has 1 aromatic heterocycles. The molecule has 2 rings (SSSR count). The van der Waals surface area contributed by atoms with Crippen LogP contribution in [0, 0.1) is 0 Å². The van der Waals surface area contributed by atoms with Crippen LogP contribution in [0.3, 0.4) is 0 Å². The Labute approximate surface area is 103 Å². The zero-order chi connectivity index (χ0) is 11.5. The Kier molecular flexibility index (Phi) is 3.66. The molecule has 2 unspecified atom stereocenters. The normalized spacial score (nSPS) is 22.1. The Hall–Kier alpha value is -0.810. The van der Waals surface area contributed by atoms with Crippen molar-refractivity contribution in [3.8, 4) is 0 Å². The van der Waals surface area contributed by atoms with E-state index in [1.807, 2.05) is 19.1 Å². The quantitative estimate of drug-likeness (QED) is 0.890. The topological polar surface area (TPSA) is 54.3 Å². The second-order valence-corrected chi connectivity index (χ2v) is 4.86. The van der Waals surface area contributed by atoms with Gasteiger partial charge in [-0.05, 0) is 41.4 Å². The van der Waals surface area contributed by atoms with Gasteiger partial charge in [0.25, 0.3) is 0 Å². The molecule has 0 spiro atoms. The molecule has 0 aromatic carbocycles. The van der Waals surface area contributed by atoms with Crippen molar-refractivity contribution in [3.63, 3.8) is 0 Å². The van der Waals surface area contributed by atoms with Crippen LogP contribution in [0.25, 0.3) is 0 Å². The van der Waals surface area contributed by atoms with Gasteiger partial charge >= 0.3 is 0 Å². The van der Waals surface area contributed by atoms with Gasteiger partial charge in [0.05, 0.1) is 6.04 Å². The van der Waals surface area contributed by atoms with E-state index in [1.165, 1.54) is 0 Å². The molecule has 4 nitrogen and oxygen atoms in total. The van der Waals surface area contributed by atoms with Crippen LogP contribution in [0.5, 0.6) is 0 Å². The van der Waals surface area contributed by atoms with Crippen molar-refractivity contribution in [2.45, 2.75) is 31.8 Å².